The smallest absolute Gasteiger partial charge is 0.406 e. The van der Waals surface area contributed by atoms with E-state index in [1.54, 1.807) is 24.4 Å². The molecule has 0 aliphatic carbocycles. The third-order valence-corrected chi connectivity index (χ3v) is 6.76. The van der Waals surface area contributed by atoms with Crippen LogP contribution in [0.5, 0.6) is 11.5 Å². The fourth-order valence-electron chi connectivity index (χ4n) is 4.06. The molecule has 0 aliphatic heterocycles. The Hall–Kier alpha value is -4.65. The van der Waals surface area contributed by atoms with Gasteiger partial charge in [0.2, 0.25) is 0 Å². The summed E-state index contributed by atoms with van der Waals surface area (Å²) in [5.41, 5.74) is 2.63. The SMILES string of the molecule is Clc1ccc2[nH]ccc2c1.O=C(Cl)c1ccc(OC(F)(F)F)cc1.O=C(c1ccc(OC(F)(F)F)cc1)c1c[nH]c2ccc(Cl)cc12. The molecule has 0 spiro atoms. The standard InChI is InChI=1S/C16H9ClF3NO2.C8H4ClF3O2.C8H6ClN/c17-10-3-6-14-12(7-10)13(8-21-14)15(22)9-1-4-11(5-2-9)23-16(18,19)20;9-7(13)5-1-3-6(4-2-5)14-8(10,11)12;9-7-1-2-8-6(5-7)3-4-10-8/h1-8,21H;1-4H;1-5,10H. The van der Waals surface area contributed by atoms with Gasteiger partial charge in [0.1, 0.15) is 11.5 Å². The van der Waals surface area contributed by atoms with Crippen LogP contribution < -0.4 is 9.47 Å². The lowest BCUT2D eigenvalue weighted by molar-refractivity contribution is -0.275. The van der Waals surface area contributed by atoms with Gasteiger partial charge >= 0.3 is 12.7 Å². The Balaban J connectivity index is 0.000000176. The average Bonchev–Trinajstić information content (AvgIpc) is 3.63. The van der Waals surface area contributed by atoms with Gasteiger partial charge in [-0.1, -0.05) is 23.2 Å². The molecular formula is C32H19Cl3F6N2O4. The first-order valence-corrected chi connectivity index (χ1v) is 14.2. The normalized spacial score (nSPS) is 11.3. The van der Waals surface area contributed by atoms with Gasteiger partial charge in [-0.3, -0.25) is 9.59 Å². The molecule has 2 heterocycles. The van der Waals surface area contributed by atoms with Crippen molar-refractivity contribution in [2.45, 2.75) is 12.7 Å². The van der Waals surface area contributed by atoms with Crippen molar-refractivity contribution in [2.75, 3.05) is 0 Å². The maximum Gasteiger partial charge on any atom is 0.573 e. The van der Waals surface area contributed by atoms with Crippen LogP contribution in [-0.2, 0) is 0 Å². The van der Waals surface area contributed by atoms with E-state index in [2.05, 4.69) is 19.4 Å². The van der Waals surface area contributed by atoms with Gasteiger partial charge in [-0.05, 0) is 103 Å². The summed E-state index contributed by atoms with van der Waals surface area (Å²) in [4.78, 5) is 29.1. The first-order valence-electron chi connectivity index (χ1n) is 13.0. The fraction of sp³-hybridized carbons (Fsp3) is 0.0625. The van der Waals surface area contributed by atoms with E-state index in [4.69, 9.17) is 34.8 Å². The van der Waals surface area contributed by atoms with Gasteiger partial charge < -0.3 is 19.4 Å². The fourth-order valence-corrected chi connectivity index (χ4v) is 4.53. The third kappa shape index (κ3) is 10.4. The van der Waals surface area contributed by atoms with Crippen molar-refractivity contribution in [1.29, 1.82) is 0 Å². The van der Waals surface area contributed by atoms with Crippen molar-refractivity contribution in [2.24, 2.45) is 0 Å². The lowest BCUT2D eigenvalue weighted by Gasteiger charge is -2.08. The molecule has 244 valence electrons. The predicted molar refractivity (Wildman–Crippen MR) is 166 cm³/mol. The average molecular weight is 716 g/mol. The molecule has 0 atom stereocenters. The quantitative estimate of drug-likeness (QED) is 0.106. The van der Waals surface area contributed by atoms with Crippen LogP contribution in [0, 0.1) is 0 Å². The van der Waals surface area contributed by atoms with E-state index >= 15 is 0 Å². The molecule has 6 nitrogen and oxygen atoms in total. The number of nitrogens with one attached hydrogen (secondary N) is 2. The van der Waals surface area contributed by atoms with E-state index in [1.165, 1.54) is 12.1 Å². The van der Waals surface area contributed by atoms with Crippen LogP contribution in [-0.4, -0.2) is 33.7 Å². The minimum Gasteiger partial charge on any atom is -0.406 e. The molecular weight excluding hydrogens is 697 g/mol. The van der Waals surface area contributed by atoms with Crippen LogP contribution in [0.25, 0.3) is 21.8 Å². The molecule has 0 unspecified atom stereocenters. The second-order valence-corrected chi connectivity index (χ2v) is 10.6. The van der Waals surface area contributed by atoms with Gasteiger partial charge in [0.15, 0.2) is 5.78 Å². The van der Waals surface area contributed by atoms with Crippen molar-refractivity contribution < 1.29 is 45.4 Å². The summed E-state index contributed by atoms with van der Waals surface area (Å²) in [6, 6.07) is 22.0. The minimum absolute atomic E-state index is 0.112. The van der Waals surface area contributed by atoms with Crippen molar-refractivity contribution in [3.63, 3.8) is 0 Å². The molecule has 0 saturated heterocycles. The zero-order valence-electron chi connectivity index (χ0n) is 23.3. The number of carbonyl (C=O) groups is 2. The highest BCUT2D eigenvalue weighted by Gasteiger charge is 2.31. The number of H-pyrrole nitrogens is 2. The van der Waals surface area contributed by atoms with E-state index in [-0.39, 0.29) is 28.4 Å². The summed E-state index contributed by atoms with van der Waals surface area (Å²) >= 11 is 16.8. The number of hydrogen-bond donors (Lipinski definition) is 2. The molecule has 0 radical (unpaired) electrons. The second kappa shape index (κ2) is 14.8. The number of fused-ring (bicyclic) bond motifs is 2. The molecule has 15 heteroatoms. The molecule has 47 heavy (non-hydrogen) atoms. The number of alkyl halides is 6. The Kier molecular flexibility index (Phi) is 11.1. The molecule has 6 rings (SSSR count). The number of ketones is 1. The molecule has 2 N–H and O–H groups in total. The Morgan fingerprint density at radius 2 is 1.13 bits per heavy atom. The van der Waals surface area contributed by atoms with E-state index in [1.807, 2.05) is 30.5 Å². The van der Waals surface area contributed by atoms with Crippen LogP contribution in [0.4, 0.5) is 26.3 Å². The Labute approximate surface area is 276 Å². The largest absolute Gasteiger partial charge is 0.573 e. The maximum absolute atomic E-state index is 12.5. The summed E-state index contributed by atoms with van der Waals surface area (Å²) in [6.07, 6.45) is -6.05. The lowest BCUT2D eigenvalue weighted by Crippen LogP contribution is -2.17. The first kappa shape index (κ1) is 35.2. The molecule has 0 fully saturated rings. The highest BCUT2D eigenvalue weighted by molar-refractivity contribution is 6.67. The lowest BCUT2D eigenvalue weighted by atomic mass is 10.0. The number of aromatic nitrogens is 2. The van der Waals surface area contributed by atoms with Gasteiger partial charge in [0.05, 0.1) is 0 Å². The van der Waals surface area contributed by atoms with Gasteiger partial charge in [-0.2, -0.15) is 0 Å². The van der Waals surface area contributed by atoms with Crippen molar-refractivity contribution in [3.8, 4) is 11.5 Å². The van der Waals surface area contributed by atoms with Crippen LogP contribution in [0.2, 0.25) is 10.0 Å². The van der Waals surface area contributed by atoms with E-state index in [9.17, 15) is 35.9 Å². The minimum atomic E-state index is -4.76. The first-order chi connectivity index (χ1) is 22.1. The number of rotatable bonds is 5. The van der Waals surface area contributed by atoms with Gasteiger partial charge in [-0.25, -0.2) is 0 Å². The molecule has 0 bridgehead atoms. The molecule has 0 aliphatic rings. The van der Waals surface area contributed by atoms with Crippen LogP contribution >= 0.6 is 34.8 Å². The number of carbonyl (C=O) groups excluding carboxylic acids is 2. The van der Waals surface area contributed by atoms with E-state index in [0.717, 1.165) is 57.8 Å². The summed E-state index contributed by atoms with van der Waals surface area (Å²) < 4.78 is 78.8. The Morgan fingerprint density at radius 1 is 0.617 bits per heavy atom. The maximum atomic E-state index is 12.5. The van der Waals surface area contributed by atoms with Crippen LogP contribution in [0.3, 0.4) is 0 Å². The summed E-state index contributed by atoms with van der Waals surface area (Å²) in [5, 5.41) is 2.35. The van der Waals surface area contributed by atoms with E-state index < -0.39 is 18.0 Å². The summed E-state index contributed by atoms with van der Waals surface area (Å²) in [5.74, 6) is -1.09. The highest BCUT2D eigenvalue weighted by atomic mass is 35.5. The monoisotopic (exact) mass is 714 g/mol. The summed E-state index contributed by atoms with van der Waals surface area (Å²) in [6.45, 7) is 0. The van der Waals surface area contributed by atoms with Crippen LogP contribution in [0.1, 0.15) is 26.3 Å². The third-order valence-electron chi connectivity index (χ3n) is 6.07. The van der Waals surface area contributed by atoms with Crippen molar-refractivity contribution in [3.05, 3.63) is 130 Å². The number of benzene rings is 4. The number of hydrogen-bond acceptors (Lipinski definition) is 4. The zero-order chi connectivity index (χ0) is 34.4. The Bertz CT molecular complexity index is 1990. The molecule has 0 amide bonds. The van der Waals surface area contributed by atoms with Crippen LogP contribution in [0.15, 0.2) is 103 Å². The molecule has 2 aromatic heterocycles. The van der Waals surface area contributed by atoms with Gasteiger partial charge in [0, 0.05) is 60.9 Å². The second-order valence-electron chi connectivity index (χ2n) is 9.35. The number of aromatic amines is 2. The van der Waals surface area contributed by atoms with Crippen molar-refractivity contribution in [1.82, 2.24) is 9.97 Å². The highest BCUT2D eigenvalue weighted by Crippen LogP contribution is 2.27. The predicted octanol–water partition coefficient (Wildman–Crippen LogP) is 10.7. The number of halogens is 9. The molecule has 6 aromatic rings. The zero-order valence-corrected chi connectivity index (χ0v) is 25.6. The Morgan fingerprint density at radius 3 is 1.66 bits per heavy atom. The van der Waals surface area contributed by atoms with Gasteiger partial charge in [-0.15, -0.1) is 26.3 Å². The summed E-state index contributed by atoms with van der Waals surface area (Å²) in [7, 11) is 0. The van der Waals surface area contributed by atoms with Gasteiger partial charge in [0.25, 0.3) is 5.24 Å². The van der Waals surface area contributed by atoms with E-state index in [0.29, 0.717) is 16.0 Å². The number of ether oxygens (including phenoxy) is 2. The van der Waals surface area contributed by atoms with Crippen molar-refractivity contribution >= 4 is 67.6 Å². The topological polar surface area (TPSA) is 84.2 Å². The molecule has 4 aromatic carbocycles. The molecule has 0 saturated carbocycles.